The van der Waals surface area contributed by atoms with Crippen LogP contribution in [0.5, 0.6) is 0 Å². The first-order valence-electron chi connectivity index (χ1n) is 6.80. The monoisotopic (exact) mass is 318 g/mol. The van der Waals surface area contributed by atoms with Crippen molar-refractivity contribution in [1.29, 1.82) is 0 Å². The number of hydrogen-bond donors (Lipinski definition) is 1. The Kier molecular flexibility index (Phi) is 4.69. The zero-order valence-electron chi connectivity index (χ0n) is 13.0. The van der Waals surface area contributed by atoms with E-state index in [-0.39, 0.29) is 17.7 Å². The van der Waals surface area contributed by atoms with Gasteiger partial charge in [-0.1, -0.05) is 5.92 Å². The molecule has 0 aliphatic rings. The molecule has 0 aliphatic heterocycles. The average molecular weight is 318 g/mol. The van der Waals surface area contributed by atoms with Gasteiger partial charge in [0.25, 0.3) is 5.91 Å². The normalized spacial score (nSPS) is 12.4. The quantitative estimate of drug-likeness (QED) is 0.884. The van der Waals surface area contributed by atoms with Crippen molar-refractivity contribution in [1.82, 2.24) is 9.88 Å². The molecule has 1 amide bonds. The van der Waals surface area contributed by atoms with Crippen molar-refractivity contribution in [3.8, 4) is 11.8 Å². The Hall–Kier alpha value is -2.10. The molecule has 2 rings (SSSR count). The van der Waals surface area contributed by atoms with Crippen LogP contribution in [0.3, 0.4) is 0 Å². The summed E-state index contributed by atoms with van der Waals surface area (Å²) in [5, 5.41) is 12.3. The standard InChI is InChI=1S/C16H18N2O3S/c1-11(14-17-9-10-22-14)18(4)15(19)13-6-5-12(21-13)7-8-16(2,3)20/h5-6,9-11,20H,1-4H3. The third-order valence-corrected chi connectivity index (χ3v) is 3.96. The molecule has 2 heterocycles. The van der Waals surface area contributed by atoms with Gasteiger partial charge < -0.3 is 14.4 Å². The fourth-order valence-electron chi connectivity index (χ4n) is 1.69. The van der Waals surface area contributed by atoms with E-state index in [0.29, 0.717) is 5.76 Å². The van der Waals surface area contributed by atoms with Gasteiger partial charge in [-0.25, -0.2) is 4.98 Å². The third kappa shape index (κ3) is 3.97. The molecule has 2 aromatic heterocycles. The van der Waals surface area contributed by atoms with Gasteiger partial charge in [-0.05, 0) is 38.8 Å². The van der Waals surface area contributed by atoms with E-state index in [9.17, 15) is 9.90 Å². The van der Waals surface area contributed by atoms with Crippen LogP contribution in [0.1, 0.15) is 48.1 Å². The highest BCUT2D eigenvalue weighted by molar-refractivity contribution is 7.09. The summed E-state index contributed by atoms with van der Waals surface area (Å²) in [4.78, 5) is 18.2. The lowest BCUT2D eigenvalue weighted by molar-refractivity contribution is 0.0709. The lowest BCUT2D eigenvalue weighted by atomic mass is 10.1. The van der Waals surface area contributed by atoms with Crippen molar-refractivity contribution in [2.75, 3.05) is 7.05 Å². The lowest BCUT2D eigenvalue weighted by Crippen LogP contribution is -2.29. The minimum Gasteiger partial charge on any atom is -0.443 e. The van der Waals surface area contributed by atoms with E-state index >= 15 is 0 Å². The molecule has 5 nitrogen and oxygen atoms in total. The Labute approximate surface area is 133 Å². The molecule has 0 spiro atoms. The summed E-state index contributed by atoms with van der Waals surface area (Å²) >= 11 is 1.50. The second kappa shape index (κ2) is 6.34. The van der Waals surface area contributed by atoms with Crippen LogP contribution in [0.2, 0.25) is 0 Å². The van der Waals surface area contributed by atoms with E-state index in [1.807, 2.05) is 12.3 Å². The van der Waals surface area contributed by atoms with E-state index < -0.39 is 5.60 Å². The number of aromatic nitrogens is 1. The van der Waals surface area contributed by atoms with Crippen molar-refractivity contribution in [3.63, 3.8) is 0 Å². The molecular weight excluding hydrogens is 300 g/mol. The van der Waals surface area contributed by atoms with Gasteiger partial charge in [0, 0.05) is 18.6 Å². The van der Waals surface area contributed by atoms with Crippen molar-refractivity contribution < 1.29 is 14.3 Å². The predicted octanol–water partition coefficient (Wildman–Crippen LogP) is 2.69. The van der Waals surface area contributed by atoms with Crippen LogP contribution in [0.4, 0.5) is 0 Å². The second-order valence-corrected chi connectivity index (χ2v) is 6.36. The summed E-state index contributed by atoms with van der Waals surface area (Å²) in [5.74, 6) is 5.68. The van der Waals surface area contributed by atoms with Crippen LogP contribution in [0, 0.1) is 11.8 Å². The summed E-state index contributed by atoms with van der Waals surface area (Å²) in [6.07, 6.45) is 1.71. The minimum absolute atomic E-state index is 0.136. The van der Waals surface area contributed by atoms with Gasteiger partial charge in [-0.15, -0.1) is 11.3 Å². The van der Waals surface area contributed by atoms with Crippen molar-refractivity contribution in [2.24, 2.45) is 0 Å². The highest BCUT2D eigenvalue weighted by atomic mass is 32.1. The van der Waals surface area contributed by atoms with Crippen molar-refractivity contribution in [2.45, 2.75) is 32.4 Å². The van der Waals surface area contributed by atoms with Gasteiger partial charge in [0.2, 0.25) is 0 Å². The van der Waals surface area contributed by atoms with Gasteiger partial charge in [-0.2, -0.15) is 0 Å². The molecule has 0 saturated heterocycles. The van der Waals surface area contributed by atoms with Gasteiger partial charge >= 0.3 is 0 Å². The predicted molar refractivity (Wildman–Crippen MR) is 84.5 cm³/mol. The molecule has 6 heteroatoms. The minimum atomic E-state index is -1.10. The summed E-state index contributed by atoms with van der Waals surface area (Å²) < 4.78 is 5.44. The number of hydrogen-bond acceptors (Lipinski definition) is 5. The molecule has 1 atom stereocenters. The molecule has 0 aliphatic carbocycles. The molecule has 0 saturated carbocycles. The van der Waals surface area contributed by atoms with Crippen LogP contribution in [0.25, 0.3) is 0 Å². The first kappa shape index (κ1) is 16.3. The fourth-order valence-corrected chi connectivity index (χ4v) is 2.43. The molecule has 22 heavy (non-hydrogen) atoms. The average Bonchev–Trinajstić information content (AvgIpc) is 3.13. The van der Waals surface area contributed by atoms with E-state index in [4.69, 9.17) is 4.42 Å². The number of aliphatic hydroxyl groups is 1. The zero-order chi connectivity index (χ0) is 16.3. The molecule has 0 aromatic carbocycles. The SMILES string of the molecule is CC(c1nccs1)N(C)C(=O)c1ccc(C#CC(C)(C)O)o1. The number of amides is 1. The summed E-state index contributed by atoms with van der Waals surface area (Å²) in [6, 6.07) is 3.07. The van der Waals surface area contributed by atoms with Crippen LogP contribution in [-0.2, 0) is 0 Å². The number of rotatable bonds is 3. The molecule has 0 bridgehead atoms. The Morgan fingerprint density at radius 1 is 1.50 bits per heavy atom. The highest BCUT2D eigenvalue weighted by Gasteiger charge is 2.23. The van der Waals surface area contributed by atoms with E-state index in [2.05, 4.69) is 16.8 Å². The Morgan fingerprint density at radius 3 is 2.82 bits per heavy atom. The Morgan fingerprint density at radius 2 is 2.23 bits per heavy atom. The molecule has 2 aromatic rings. The Bertz CT molecular complexity index is 702. The van der Waals surface area contributed by atoms with E-state index in [0.717, 1.165) is 5.01 Å². The first-order chi connectivity index (χ1) is 10.3. The summed E-state index contributed by atoms with van der Waals surface area (Å²) in [5.41, 5.74) is -1.10. The number of carbonyl (C=O) groups excluding carboxylic acids is 1. The van der Waals surface area contributed by atoms with Crippen LogP contribution < -0.4 is 0 Å². The topological polar surface area (TPSA) is 66.6 Å². The number of thiazole rings is 1. The molecule has 0 radical (unpaired) electrons. The summed E-state index contributed by atoms with van der Waals surface area (Å²) in [7, 11) is 1.71. The molecule has 116 valence electrons. The van der Waals surface area contributed by atoms with Gasteiger partial charge in [0.05, 0.1) is 6.04 Å². The number of nitrogens with zero attached hydrogens (tertiary/aromatic N) is 2. The zero-order valence-corrected chi connectivity index (χ0v) is 13.8. The maximum atomic E-state index is 12.4. The third-order valence-electron chi connectivity index (χ3n) is 3.02. The van der Waals surface area contributed by atoms with Crippen molar-refractivity contribution >= 4 is 17.2 Å². The number of carbonyl (C=O) groups is 1. The first-order valence-corrected chi connectivity index (χ1v) is 7.68. The van der Waals surface area contributed by atoms with Crippen LogP contribution in [-0.4, -0.2) is 33.5 Å². The van der Waals surface area contributed by atoms with Gasteiger partial charge in [0.15, 0.2) is 11.5 Å². The maximum absolute atomic E-state index is 12.4. The molecule has 1 unspecified atom stereocenters. The van der Waals surface area contributed by atoms with Gasteiger partial charge in [0.1, 0.15) is 10.6 Å². The van der Waals surface area contributed by atoms with Crippen LogP contribution in [0.15, 0.2) is 28.1 Å². The van der Waals surface area contributed by atoms with Crippen LogP contribution >= 0.6 is 11.3 Å². The molecule has 1 N–H and O–H groups in total. The van der Waals surface area contributed by atoms with Gasteiger partial charge in [-0.3, -0.25) is 4.79 Å². The Balaban J connectivity index is 2.13. The highest BCUT2D eigenvalue weighted by Crippen LogP contribution is 2.23. The largest absolute Gasteiger partial charge is 0.443 e. The lowest BCUT2D eigenvalue weighted by Gasteiger charge is -2.21. The maximum Gasteiger partial charge on any atom is 0.289 e. The second-order valence-electron chi connectivity index (χ2n) is 5.44. The molecular formula is C16H18N2O3S. The summed E-state index contributed by atoms with van der Waals surface area (Å²) in [6.45, 7) is 5.08. The molecule has 0 fully saturated rings. The van der Waals surface area contributed by atoms with E-state index in [1.54, 1.807) is 44.1 Å². The fraction of sp³-hybridized carbons (Fsp3) is 0.375. The van der Waals surface area contributed by atoms with E-state index in [1.165, 1.54) is 11.3 Å². The smallest absolute Gasteiger partial charge is 0.289 e. The van der Waals surface area contributed by atoms with Crippen molar-refractivity contribution in [3.05, 3.63) is 40.2 Å². The number of furan rings is 1.